The molecule has 5 heteroatoms. The fourth-order valence-corrected chi connectivity index (χ4v) is 3.71. The molecule has 3 aromatic rings. The fraction of sp³-hybridized carbons (Fsp3) is 0.286. The quantitative estimate of drug-likeness (QED) is 0.580. The van der Waals surface area contributed by atoms with E-state index in [2.05, 4.69) is 59.8 Å². The second kappa shape index (κ2) is 8.23. The van der Waals surface area contributed by atoms with Crippen molar-refractivity contribution in [3.8, 4) is 17.0 Å². The van der Waals surface area contributed by atoms with Crippen molar-refractivity contribution in [1.29, 1.82) is 0 Å². The van der Waals surface area contributed by atoms with Crippen LogP contribution in [0.2, 0.25) is 0 Å². The Morgan fingerprint density at radius 2 is 1.81 bits per heavy atom. The van der Waals surface area contributed by atoms with Crippen molar-refractivity contribution in [2.75, 3.05) is 30.4 Å². The Hall–Kier alpha value is -2.53. The van der Waals surface area contributed by atoms with Crippen molar-refractivity contribution in [2.24, 2.45) is 0 Å². The van der Waals surface area contributed by atoms with Gasteiger partial charge in [-0.05, 0) is 68.8 Å². The Balaban J connectivity index is 1.73. The number of hydrogen-bond donors (Lipinski definition) is 1. The van der Waals surface area contributed by atoms with Crippen molar-refractivity contribution in [1.82, 2.24) is 4.98 Å². The molecule has 3 rings (SSSR count). The van der Waals surface area contributed by atoms with Gasteiger partial charge in [0.25, 0.3) is 0 Å². The molecule has 0 fully saturated rings. The zero-order chi connectivity index (χ0) is 18.5. The largest absolute Gasteiger partial charge is 0.496 e. The molecule has 0 unspecified atom stereocenters. The van der Waals surface area contributed by atoms with Gasteiger partial charge in [0.15, 0.2) is 5.13 Å². The Bertz CT molecular complexity index is 854. The van der Waals surface area contributed by atoms with Crippen LogP contribution in [0.4, 0.5) is 16.5 Å². The van der Waals surface area contributed by atoms with Gasteiger partial charge in [-0.3, -0.25) is 0 Å². The zero-order valence-electron chi connectivity index (χ0n) is 15.7. The minimum absolute atomic E-state index is 0.893. The van der Waals surface area contributed by atoms with Crippen LogP contribution in [0, 0.1) is 6.92 Å². The Labute approximate surface area is 159 Å². The summed E-state index contributed by atoms with van der Waals surface area (Å²) in [6.07, 6.45) is 0. The minimum Gasteiger partial charge on any atom is -0.496 e. The van der Waals surface area contributed by atoms with Gasteiger partial charge in [-0.15, -0.1) is 11.3 Å². The van der Waals surface area contributed by atoms with Crippen LogP contribution in [0.25, 0.3) is 11.3 Å². The van der Waals surface area contributed by atoms with Gasteiger partial charge in [-0.25, -0.2) is 4.98 Å². The maximum atomic E-state index is 5.33. The SMILES string of the molecule is CCN(CC)c1ccc(Nc2nc(-c3ccc(OC)c(C)c3)cs2)cc1. The van der Waals surface area contributed by atoms with Gasteiger partial charge in [0, 0.05) is 35.4 Å². The summed E-state index contributed by atoms with van der Waals surface area (Å²) in [4.78, 5) is 7.05. The Kier molecular flexibility index (Phi) is 5.78. The first-order valence-electron chi connectivity index (χ1n) is 8.87. The summed E-state index contributed by atoms with van der Waals surface area (Å²) >= 11 is 1.61. The molecule has 1 aromatic heterocycles. The topological polar surface area (TPSA) is 37.4 Å². The summed E-state index contributed by atoms with van der Waals surface area (Å²) in [6.45, 7) is 8.42. The summed E-state index contributed by atoms with van der Waals surface area (Å²) in [5.41, 5.74) is 5.48. The van der Waals surface area contributed by atoms with Gasteiger partial charge >= 0.3 is 0 Å². The highest BCUT2D eigenvalue weighted by molar-refractivity contribution is 7.14. The van der Waals surface area contributed by atoms with Crippen molar-refractivity contribution in [3.05, 3.63) is 53.4 Å². The summed E-state index contributed by atoms with van der Waals surface area (Å²) < 4.78 is 5.33. The fourth-order valence-electron chi connectivity index (χ4n) is 2.97. The molecular formula is C21H25N3OS. The molecule has 2 aromatic carbocycles. The number of aromatic nitrogens is 1. The Morgan fingerprint density at radius 3 is 2.42 bits per heavy atom. The van der Waals surface area contributed by atoms with Crippen molar-refractivity contribution in [2.45, 2.75) is 20.8 Å². The number of rotatable bonds is 7. The second-order valence-corrected chi connectivity index (χ2v) is 6.92. The van der Waals surface area contributed by atoms with Crippen LogP contribution < -0.4 is 15.0 Å². The lowest BCUT2D eigenvalue weighted by Crippen LogP contribution is -2.21. The Morgan fingerprint density at radius 1 is 1.08 bits per heavy atom. The first kappa shape index (κ1) is 18.3. The molecule has 0 saturated carbocycles. The number of thiazole rings is 1. The van der Waals surface area contributed by atoms with E-state index in [-0.39, 0.29) is 0 Å². The van der Waals surface area contributed by atoms with Gasteiger partial charge in [0.2, 0.25) is 0 Å². The average Bonchev–Trinajstić information content (AvgIpc) is 3.12. The maximum absolute atomic E-state index is 5.33. The molecule has 0 amide bonds. The number of methoxy groups -OCH3 is 1. The van der Waals surface area contributed by atoms with E-state index < -0.39 is 0 Å². The number of aryl methyl sites for hydroxylation is 1. The van der Waals surface area contributed by atoms with E-state index in [1.54, 1.807) is 18.4 Å². The van der Waals surface area contributed by atoms with Crippen LogP contribution in [-0.4, -0.2) is 25.2 Å². The third-order valence-electron chi connectivity index (χ3n) is 4.44. The molecule has 0 radical (unpaired) electrons. The lowest BCUT2D eigenvalue weighted by Gasteiger charge is -2.21. The molecule has 0 aliphatic heterocycles. The van der Waals surface area contributed by atoms with Crippen molar-refractivity contribution >= 4 is 27.8 Å². The van der Waals surface area contributed by atoms with Crippen LogP contribution in [0.1, 0.15) is 19.4 Å². The van der Waals surface area contributed by atoms with E-state index in [1.165, 1.54) is 5.69 Å². The van der Waals surface area contributed by atoms with Crippen LogP contribution in [0.3, 0.4) is 0 Å². The van der Waals surface area contributed by atoms with Crippen LogP contribution >= 0.6 is 11.3 Å². The van der Waals surface area contributed by atoms with Gasteiger partial charge in [-0.2, -0.15) is 0 Å². The third-order valence-corrected chi connectivity index (χ3v) is 5.20. The minimum atomic E-state index is 0.893. The molecule has 1 N–H and O–H groups in total. The van der Waals surface area contributed by atoms with Crippen LogP contribution in [-0.2, 0) is 0 Å². The molecule has 136 valence electrons. The summed E-state index contributed by atoms with van der Waals surface area (Å²) in [7, 11) is 1.69. The third kappa shape index (κ3) is 3.99. The number of hydrogen-bond acceptors (Lipinski definition) is 5. The summed E-state index contributed by atoms with van der Waals surface area (Å²) in [5, 5.41) is 6.37. The van der Waals surface area contributed by atoms with E-state index in [9.17, 15) is 0 Å². The lowest BCUT2D eigenvalue weighted by atomic mass is 10.1. The monoisotopic (exact) mass is 367 g/mol. The molecule has 0 spiro atoms. The predicted molar refractivity (Wildman–Crippen MR) is 112 cm³/mol. The van der Waals surface area contributed by atoms with E-state index >= 15 is 0 Å². The standard InChI is InChI=1S/C21H25N3OS/c1-5-24(6-2)18-10-8-17(9-11-18)22-21-23-19(14-26-21)16-7-12-20(25-4)15(3)13-16/h7-14H,5-6H2,1-4H3,(H,22,23). The van der Waals surface area contributed by atoms with E-state index in [0.29, 0.717) is 0 Å². The highest BCUT2D eigenvalue weighted by Crippen LogP contribution is 2.30. The first-order valence-corrected chi connectivity index (χ1v) is 9.75. The van der Waals surface area contributed by atoms with Gasteiger partial charge < -0.3 is 15.0 Å². The van der Waals surface area contributed by atoms with Crippen LogP contribution in [0.15, 0.2) is 47.8 Å². The number of nitrogens with zero attached hydrogens (tertiary/aromatic N) is 2. The van der Waals surface area contributed by atoms with E-state index in [1.807, 2.05) is 19.1 Å². The van der Waals surface area contributed by atoms with Crippen molar-refractivity contribution < 1.29 is 4.74 Å². The van der Waals surface area contributed by atoms with Gasteiger partial charge in [-0.1, -0.05) is 0 Å². The normalized spacial score (nSPS) is 10.6. The number of anilines is 3. The van der Waals surface area contributed by atoms with E-state index in [4.69, 9.17) is 9.72 Å². The summed E-state index contributed by atoms with van der Waals surface area (Å²) in [6, 6.07) is 14.6. The molecule has 26 heavy (non-hydrogen) atoms. The van der Waals surface area contributed by atoms with Crippen LogP contribution in [0.5, 0.6) is 5.75 Å². The zero-order valence-corrected chi connectivity index (χ0v) is 16.6. The number of nitrogens with one attached hydrogen (secondary N) is 1. The van der Waals surface area contributed by atoms with Gasteiger partial charge in [0.05, 0.1) is 12.8 Å². The molecule has 0 saturated heterocycles. The second-order valence-electron chi connectivity index (χ2n) is 6.07. The maximum Gasteiger partial charge on any atom is 0.187 e. The smallest absolute Gasteiger partial charge is 0.187 e. The molecule has 0 aliphatic carbocycles. The molecule has 0 atom stereocenters. The number of benzene rings is 2. The highest BCUT2D eigenvalue weighted by Gasteiger charge is 2.08. The lowest BCUT2D eigenvalue weighted by molar-refractivity contribution is 0.412. The highest BCUT2D eigenvalue weighted by atomic mass is 32.1. The van der Waals surface area contributed by atoms with Crippen molar-refractivity contribution in [3.63, 3.8) is 0 Å². The molecular weight excluding hydrogens is 342 g/mol. The molecule has 0 bridgehead atoms. The molecule has 4 nitrogen and oxygen atoms in total. The van der Waals surface area contributed by atoms with Gasteiger partial charge in [0.1, 0.15) is 5.75 Å². The molecule has 0 aliphatic rings. The molecule has 1 heterocycles. The predicted octanol–water partition coefficient (Wildman–Crippen LogP) is 5.72. The number of ether oxygens (including phenoxy) is 1. The first-order chi connectivity index (χ1) is 12.6. The average molecular weight is 368 g/mol. The van der Waals surface area contributed by atoms with E-state index in [0.717, 1.165) is 46.5 Å². The summed E-state index contributed by atoms with van der Waals surface area (Å²) in [5.74, 6) is 0.899.